The van der Waals surface area contributed by atoms with E-state index >= 15 is 0 Å². The third-order valence-corrected chi connectivity index (χ3v) is 4.44. The molecule has 3 rings (SSSR count). The predicted molar refractivity (Wildman–Crippen MR) is 105 cm³/mol. The van der Waals surface area contributed by atoms with Crippen molar-refractivity contribution >= 4 is 11.7 Å². The molecule has 1 aromatic carbocycles. The van der Waals surface area contributed by atoms with E-state index in [0.717, 1.165) is 49.5 Å². The summed E-state index contributed by atoms with van der Waals surface area (Å²) in [7, 11) is 0. The van der Waals surface area contributed by atoms with Crippen molar-refractivity contribution in [1.29, 1.82) is 0 Å². The van der Waals surface area contributed by atoms with Crippen molar-refractivity contribution in [3.63, 3.8) is 0 Å². The number of anilines is 1. The number of benzene rings is 1. The van der Waals surface area contributed by atoms with Gasteiger partial charge in [0.25, 0.3) is 0 Å². The van der Waals surface area contributed by atoms with E-state index in [9.17, 15) is 4.79 Å². The average Bonchev–Trinajstić information content (AvgIpc) is 2.72. The van der Waals surface area contributed by atoms with E-state index in [1.165, 1.54) is 0 Å². The highest BCUT2D eigenvalue weighted by molar-refractivity contribution is 5.89. The van der Waals surface area contributed by atoms with Crippen molar-refractivity contribution in [2.45, 2.75) is 38.9 Å². The minimum Gasteiger partial charge on any atom is -0.487 e. The van der Waals surface area contributed by atoms with Crippen LogP contribution < -0.4 is 10.1 Å². The van der Waals surface area contributed by atoms with Crippen LogP contribution in [0.15, 0.2) is 48.7 Å². The first-order valence-electron chi connectivity index (χ1n) is 9.55. The van der Waals surface area contributed by atoms with Gasteiger partial charge < -0.3 is 19.7 Å². The van der Waals surface area contributed by atoms with Gasteiger partial charge in [-0.1, -0.05) is 13.0 Å². The minimum atomic E-state index is -0.0815. The van der Waals surface area contributed by atoms with Crippen molar-refractivity contribution in [2.24, 2.45) is 0 Å². The largest absolute Gasteiger partial charge is 0.487 e. The van der Waals surface area contributed by atoms with Gasteiger partial charge in [0.05, 0.1) is 11.8 Å². The summed E-state index contributed by atoms with van der Waals surface area (Å²) in [6.07, 6.45) is 4.88. The lowest BCUT2D eigenvalue weighted by molar-refractivity contribution is 0.0115. The summed E-state index contributed by atoms with van der Waals surface area (Å²) in [6, 6.07) is 13.0. The molecule has 1 aliphatic rings. The highest BCUT2D eigenvalue weighted by Crippen LogP contribution is 2.19. The molecule has 144 valence electrons. The molecule has 1 saturated heterocycles. The summed E-state index contributed by atoms with van der Waals surface area (Å²) in [5, 5.41) is 2.95. The molecule has 0 unspecified atom stereocenters. The van der Waals surface area contributed by atoms with Crippen LogP contribution in [0, 0.1) is 0 Å². The lowest BCUT2D eigenvalue weighted by Gasteiger charge is -2.32. The van der Waals surface area contributed by atoms with Crippen LogP contribution in [0.2, 0.25) is 0 Å². The number of hydrogen-bond donors (Lipinski definition) is 1. The van der Waals surface area contributed by atoms with E-state index in [4.69, 9.17) is 9.47 Å². The molecule has 1 N–H and O–H groups in total. The molecule has 27 heavy (non-hydrogen) atoms. The number of carbonyl (C=O) groups excluding carboxylic acids is 1. The number of nitrogens with one attached hydrogen (secondary N) is 1. The first-order chi connectivity index (χ1) is 13.2. The number of ether oxygens (including phenoxy) is 2. The number of amides is 2. The Bertz CT molecular complexity index is 706. The molecule has 6 heteroatoms. The zero-order chi connectivity index (χ0) is 18.9. The van der Waals surface area contributed by atoms with Gasteiger partial charge in [0.1, 0.15) is 12.4 Å². The van der Waals surface area contributed by atoms with Crippen molar-refractivity contribution in [3.05, 3.63) is 54.4 Å². The van der Waals surface area contributed by atoms with Crippen LogP contribution in [-0.4, -0.2) is 41.7 Å². The second-order valence-corrected chi connectivity index (χ2v) is 6.65. The molecule has 1 aliphatic heterocycles. The predicted octanol–water partition coefficient (Wildman–Crippen LogP) is 4.08. The molecular formula is C21H27N3O3. The Morgan fingerprint density at radius 2 is 2.11 bits per heavy atom. The Kier molecular flexibility index (Phi) is 7.04. The second kappa shape index (κ2) is 9.92. The molecule has 2 aromatic rings. The van der Waals surface area contributed by atoms with Crippen LogP contribution in [0.25, 0.3) is 0 Å². The number of hydrogen-bond acceptors (Lipinski definition) is 4. The Labute approximate surface area is 160 Å². The second-order valence-electron chi connectivity index (χ2n) is 6.65. The monoisotopic (exact) mass is 369 g/mol. The maximum atomic E-state index is 12.5. The third kappa shape index (κ3) is 5.96. The maximum Gasteiger partial charge on any atom is 0.321 e. The van der Waals surface area contributed by atoms with E-state index in [-0.39, 0.29) is 12.1 Å². The van der Waals surface area contributed by atoms with Crippen LogP contribution in [0.4, 0.5) is 10.5 Å². The number of aromatic nitrogens is 1. The van der Waals surface area contributed by atoms with E-state index < -0.39 is 0 Å². The number of rotatable bonds is 7. The van der Waals surface area contributed by atoms with Gasteiger partial charge in [-0.05, 0) is 55.7 Å². The third-order valence-electron chi connectivity index (χ3n) is 4.44. The van der Waals surface area contributed by atoms with Gasteiger partial charge >= 0.3 is 6.03 Å². The standard InChI is InChI=1S/C21H27N3O3/c1-2-14-26-20-7-5-13-24(15-20)21(25)23-17-8-10-19(11-9-17)27-16-18-6-3-4-12-22-18/h3-4,6,8-12,20H,2,5,7,13-16H2,1H3,(H,23,25)/t20-/m1/s1. The number of carbonyl (C=O) groups is 1. The molecule has 2 heterocycles. The fourth-order valence-corrected chi connectivity index (χ4v) is 3.02. The number of urea groups is 1. The molecule has 0 bridgehead atoms. The SMILES string of the molecule is CCCO[C@@H]1CCCN(C(=O)Nc2ccc(OCc3ccccn3)cc2)C1. The van der Waals surface area contributed by atoms with Crippen molar-refractivity contribution in [3.8, 4) is 5.75 Å². The highest BCUT2D eigenvalue weighted by atomic mass is 16.5. The lowest BCUT2D eigenvalue weighted by atomic mass is 10.1. The van der Waals surface area contributed by atoms with E-state index in [1.807, 2.05) is 47.4 Å². The highest BCUT2D eigenvalue weighted by Gasteiger charge is 2.24. The molecule has 1 aromatic heterocycles. The summed E-state index contributed by atoms with van der Waals surface area (Å²) in [5.41, 5.74) is 1.63. The molecule has 1 atom stereocenters. The van der Waals surface area contributed by atoms with Crippen LogP contribution in [0.3, 0.4) is 0 Å². The normalized spacial score (nSPS) is 16.8. The Morgan fingerprint density at radius 3 is 2.85 bits per heavy atom. The van der Waals surface area contributed by atoms with Gasteiger partial charge in [-0.2, -0.15) is 0 Å². The van der Waals surface area contributed by atoms with Gasteiger partial charge in [0.15, 0.2) is 0 Å². The van der Waals surface area contributed by atoms with Crippen LogP contribution in [0.1, 0.15) is 31.9 Å². The quantitative estimate of drug-likeness (QED) is 0.799. The van der Waals surface area contributed by atoms with Gasteiger partial charge in [-0.25, -0.2) is 4.79 Å². The molecule has 0 saturated carbocycles. The van der Waals surface area contributed by atoms with Gasteiger partial charge in [0.2, 0.25) is 0 Å². The fourth-order valence-electron chi connectivity index (χ4n) is 3.02. The zero-order valence-electron chi connectivity index (χ0n) is 15.8. The van der Waals surface area contributed by atoms with E-state index in [1.54, 1.807) is 6.20 Å². The van der Waals surface area contributed by atoms with Crippen LogP contribution >= 0.6 is 0 Å². The van der Waals surface area contributed by atoms with Gasteiger partial charge in [-0.3, -0.25) is 4.98 Å². The summed E-state index contributed by atoms with van der Waals surface area (Å²) < 4.78 is 11.5. The average molecular weight is 369 g/mol. The minimum absolute atomic E-state index is 0.0815. The zero-order valence-corrected chi connectivity index (χ0v) is 15.8. The summed E-state index contributed by atoms with van der Waals surface area (Å²) in [6.45, 7) is 4.68. The Morgan fingerprint density at radius 1 is 1.26 bits per heavy atom. The summed E-state index contributed by atoms with van der Waals surface area (Å²) in [5.74, 6) is 0.740. The van der Waals surface area contributed by atoms with Gasteiger partial charge in [0, 0.05) is 31.6 Å². The fraction of sp³-hybridized carbons (Fsp3) is 0.429. The van der Waals surface area contributed by atoms with Crippen molar-refractivity contribution in [2.75, 3.05) is 25.0 Å². The Balaban J connectivity index is 1.48. The first kappa shape index (κ1) is 19.2. The van der Waals surface area contributed by atoms with E-state index in [0.29, 0.717) is 13.2 Å². The summed E-state index contributed by atoms with van der Waals surface area (Å²) >= 11 is 0. The van der Waals surface area contributed by atoms with Crippen molar-refractivity contribution < 1.29 is 14.3 Å². The maximum absolute atomic E-state index is 12.5. The van der Waals surface area contributed by atoms with E-state index in [2.05, 4.69) is 17.2 Å². The number of likely N-dealkylation sites (tertiary alicyclic amines) is 1. The number of nitrogens with zero attached hydrogens (tertiary/aromatic N) is 2. The van der Waals surface area contributed by atoms with Crippen molar-refractivity contribution in [1.82, 2.24) is 9.88 Å². The molecule has 2 amide bonds. The molecule has 0 spiro atoms. The van der Waals surface area contributed by atoms with Crippen LogP contribution in [0.5, 0.6) is 5.75 Å². The summed E-state index contributed by atoms with van der Waals surface area (Å²) in [4.78, 5) is 18.6. The molecule has 6 nitrogen and oxygen atoms in total. The molecule has 1 fully saturated rings. The van der Waals surface area contributed by atoms with Crippen LogP contribution in [-0.2, 0) is 11.3 Å². The Hall–Kier alpha value is -2.60. The molecule has 0 aliphatic carbocycles. The number of piperidine rings is 1. The topological polar surface area (TPSA) is 63.7 Å². The number of pyridine rings is 1. The smallest absolute Gasteiger partial charge is 0.321 e. The molecule has 0 radical (unpaired) electrons. The first-order valence-corrected chi connectivity index (χ1v) is 9.55. The van der Waals surface area contributed by atoms with Gasteiger partial charge in [-0.15, -0.1) is 0 Å². The lowest BCUT2D eigenvalue weighted by Crippen LogP contribution is -2.45. The molecular weight excluding hydrogens is 342 g/mol.